The van der Waals surface area contributed by atoms with Crippen molar-refractivity contribution < 1.29 is 14.7 Å². The summed E-state index contributed by atoms with van der Waals surface area (Å²) in [5, 5.41) is 12.3. The number of nitrogens with one attached hydrogen (secondary N) is 1. The number of benzene rings is 1. The second-order valence-corrected chi connectivity index (χ2v) is 7.07. The number of anilines is 1. The van der Waals surface area contributed by atoms with E-state index in [0.717, 1.165) is 16.9 Å². The van der Waals surface area contributed by atoms with Crippen LogP contribution in [0.3, 0.4) is 0 Å². The third kappa shape index (κ3) is 3.51. The second-order valence-electron chi connectivity index (χ2n) is 6.07. The average Bonchev–Trinajstić information content (AvgIpc) is 2.83. The minimum Gasteiger partial charge on any atom is -0.477 e. The van der Waals surface area contributed by atoms with Gasteiger partial charge in [0.15, 0.2) is 5.13 Å². The maximum atomic E-state index is 12.2. The molecule has 0 bridgehead atoms. The van der Waals surface area contributed by atoms with Gasteiger partial charge in [0, 0.05) is 11.0 Å². The first kappa shape index (κ1) is 16.2. The number of carboxylic acids is 1. The Bertz CT molecular complexity index is 712. The highest BCUT2D eigenvalue weighted by molar-refractivity contribution is 7.17. The lowest BCUT2D eigenvalue weighted by atomic mass is 9.91. The van der Waals surface area contributed by atoms with Crippen LogP contribution in [0, 0.1) is 6.92 Å². The summed E-state index contributed by atoms with van der Waals surface area (Å²) in [5.41, 5.74) is 1.64. The number of nitrogens with zero attached hydrogens (tertiary/aromatic N) is 1. The zero-order chi connectivity index (χ0) is 16.5. The molecule has 1 amide bonds. The van der Waals surface area contributed by atoms with Gasteiger partial charge in [-0.05, 0) is 19.1 Å². The summed E-state index contributed by atoms with van der Waals surface area (Å²) >= 11 is 0.978. The summed E-state index contributed by atoms with van der Waals surface area (Å²) in [6.45, 7) is 7.61. The molecule has 0 atom stereocenters. The second kappa shape index (κ2) is 5.88. The lowest BCUT2D eigenvalue weighted by Crippen LogP contribution is -2.16. The van der Waals surface area contributed by atoms with Crippen molar-refractivity contribution in [2.75, 3.05) is 5.32 Å². The van der Waals surface area contributed by atoms with Crippen molar-refractivity contribution in [1.29, 1.82) is 0 Å². The number of hydrogen-bond donors (Lipinski definition) is 2. The van der Waals surface area contributed by atoms with Gasteiger partial charge < -0.3 is 5.11 Å². The van der Waals surface area contributed by atoms with Gasteiger partial charge in [-0.25, -0.2) is 9.78 Å². The van der Waals surface area contributed by atoms with Gasteiger partial charge in [-0.2, -0.15) is 0 Å². The van der Waals surface area contributed by atoms with Gasteiger partial charge in [0.1, 0.15) is 4.88 Å². The Hall–Kier alpha value is -2.21. The number of carbonyl (C=O) groups excluding carboxylic acids is 1. The Kier molecular flexibility index (Phi) is 4.32. The maximum absolute atomic E-state index is 12.2. The van der Waals surface area contributed by atoms with Crippen LogP contribution in [-0.2, 0) is 5.41 Å². The molecule has 1 heterocycles. The fourth-order valence-corrected chi connectivity index (χ4v) is 2.91. The molecule has 22 heavy (non-hydrogen) atoms. The van der Waals surface area contributed by atoms with E-state index in [2.05, 4.69) is 10.3 Å². The molecule has 1 aromatic carbocycles. The molecule has 0 fully saturated rings. The molecule has 116 valence electrons. The van der Waals surface area contributed by atoms with Crippen molar-refractivity contribution in [2.45, 2.75) is 33.1 Å². The summed E-state index contributed by atoms with van der Waals surface area (Å²) in [4.78, 5) is 28.0. The molecule has 0 aliphatic heterocycles. The lowest BCUT2D eigenvalue weighted by molar-refractivity contribution is 0.0699. The normalized spacial score (nSPS) is 11.3. The van der Waals surface area contributed by atoms with Crippen LogP contribution in [0.5, 0.6) is 0 Å². The fraction of sp³-hybridized carbons (Fsp3) is 0.312. The molecule has 1 aromatic heterocycles. The third-order valence-electron chi connectivity index (χ3n) is 3.07. The quantitative estimate of drug-likeness (QED) is 0.904. The predicted molar refractivity (Wildman–Crippen MR) is 86.9 cm³/mol. The smallest absolute Gasteiger partial charge is 0.347 e. The van der Waals surface area contributed by atoms with Crippen LogP contribution in [0.15, 0.2) is 24.3 Å². The topological polar surface area (TPSA) is 79.3 Å². The molecule has 0 spiro atoms. The molecule has 6 heteroatoms. The van der Waals surface area contributed by atoms with Crippen LogP contribution in [0.1, 0.15) is 52.1 Å². The monoisotopic (exact) mass is 318 g/mol. The zero-order valence-electron chi connectivity index (χ0n) is 12.9. The molecule has 0 aliphatic rings. The van der Waals surface area contributed by atoms with Crippen LogP contribution in [0.2, 0.25) is 0 Å². The number of hydrogen-bond acceptors (Lipinski definition) is 4. The summed E-state index contributed by atoms with van der Waals surface area (Å²) in [7, 11) is 0. The maximum Gasteiger partial charge on any atom is 0.347 e. The molecule has 0 aliphatic carbocycles. The molecule has 2 N–H and O–H groups in total. The highest BCUT2D eigenvalue weighted by Gasteiger charge is 2.27. The molecule has 5 nitrogen and oxygen atoms in total. The lowest BCUT2D eigenvalue weighted by Gasteiger charge is -2.15. The summed E-state index contributed by atoms with van der Waals surface area (Å²) in [6.07, 6.45) is 0. The first-order valence-electron chi connectivity index (χ1n) is 6.81. The average molecular weight is 318 g/mol. The fourth-order valence-electron chi connectivity index (χ4n) is 1.90. The number of aryl methyl sites for hydroxylation is 1. The van der Waals surface area contributed by atoms with E-state index in [9.17, 15) is 14.7 Å². The Labute approximate surface area is 133 Å². The number of carboxylic acid groups (broad SMARTS) is 1. The highest BCUT2D eigenvalue weighted by Crippen LogP contribution is 2.32. The Morgan fingerprint density at radius 3 is 2.23 bits per heavy atom. The molecule has 0 unspecified atom stereocenters. The summed E-state index contributed by atoms with van der Waals surface area (Å²) < 4.78 is 0. The van der Waals surface area contributed by atoms with Gasteiger partial charge in [-0.1, -0.05) is 49.8 Å². The molecular weight excluding hydrogens is 300 g/mol. The molecule has 0 saturated heterocycles. The Morgan fingerprint density at radius 1 is 1.18 bits per heavy atom. The first-order chi connectivity index (χ1) is 10.2. The van der Waals surface area contributed by atoms with Gasteiger partial charge in [-0.3, -0.25) is 10.1 Å². The molecule has 2 aromatic rings. The summed E-state index contributed by atoms with van der Waals surface area (Å²) in [6, 6.07) is 7.14. The Morgan fingerprint density at radius 2 is 1.77 bits per heavy atom. The Balaban J connectivity index is 2.28. The number of aromatic carboxylic acids is 1. The van der Waals surface area contributed by atoms with E-state index >= 15 is 0 Å². The van der Waals surface area contributed by atoms with E-state index < -0.39 is 11.4 Å². The minimum atomic E-state index is -1.03. The van der Waals surface area contributed by atoms with E-state index in [1.54, 1.807) is 12.1 Å². The van der Waals surface area contributed by atoms with E-state index in [0.29, 0.717) is 16.4 Å². The van der Waals surface area contributed by atoms with Gasteiger partial charge in [0.2, 0.25) is 0 Å². The number of carbonyl (C=O) groups is 2. The number of amides is 1. The largest absolute Gasteiger partial charge is 0.477 e. The van der Waals surface area contributed by atoms with Crippen molar-refractivity contribution in [3.63, 3.8) is 0 Å². The minimum absolute atomic E-state index is 0.159. The third-order valence-corrected chi connectivity index (χ3v) is 4.02. The SMILES string of the molecule is Cc1ccc(C(=O)Nc2nc(C(C)(C)C)c(C(=O)O)s2)cc1. The van der Waals surface area contributed by atoms with E-state index in [-0.39, 0.29) is 10.8 Å². The molecule has 0 saturated carbocycles. The first-order valence-corrected chi connectivity index (χ1v) is 7.63. The van der Waals surface area contributed by atoms with Crippen molar-refractivity contribution >= 4 is 28.3 Å². The zero-order valence-corrected chi connectivity index (χ0v) is 13.7. The van der Waals surface area contributed by atoms with Crippen molar-refractivity contribution in [1.82, 2.24) is 4.98 Å². The standard InChI is InChI=1S/C16H18N2O3S/c1-9-5-7-10(8-6-9)13(19)18-15-17-12(16(2,3)4)11(22-15)14(20)21/h5-8H,1-4H3,(H,20,21)(H,17,18,19). The van der Waals surface area contributed by atoms with Crippen LogP contribution in [0.4, 0.5) is 5.13 Å². The van der Waals surface area contributed by atoms with Crippen LogP contribution >= 0.6 is 11.3 Å². The number of aromatic nitrogens is 1. The highest BCUT2D eigenvalue weighted by atomic mass is 32.1. The number of rotatable bonds is 3. The van der Waals surface area contributed by atoms with Gasteiger partial charge in [-0.15, -0.1) is 0 Å². The number of thiazole rings is 1. The van der Waals surface area contributed by atoms with E-state index in [1.165, 1.54) is 0 Å². The molecule has 0 radical (unpaired) electrons. The van der Waals surface area contributed by atoms with Crippen molar-refractivity contribution in [3.05, 3.63) is 46.0 Å². The van der Waals surface area contributed by atoms with Crippen molar-refractivity contribution in [3.8, 4) is 0 Å². The van der Waals surface area contributed by atoms with Crippen LogP contribution in [-0.4, -0.2) is 22.0 Å². The van der Waals surface area contributed by atoms with Crippen molar-refractivity contribution in [2.24, 2.45) is 0 Å². The summed E-state index contributed by atoms with van der Waals surface area (Å²) in [5.74, 6) is -1.33. The predicted octanol–water partition coefficient (Wildman–Crippen LogP) is 3.70. The van der Waals surface area contributed by atoms with Gasteiger partial charge >= 0.3 is 5.97 Å². The van der Waals surface area contributed by atoms with Crippen LogP contribution in [0.25, 0.3) is 0 Å². The van der Waals surface area contributed by atoms with Gasteiger partial charge in [0.05, 0.1) is 5.69 Å². The van der Waals surface area contributed by atoms with Gasteiger partial charge in [0.25, 0.3) is 5.91 Å². The van der Waals surface area contributed by atoms with E-state index in [4.69, 9.17) is 0 Å². The van der Waals surface area contributed by atoms with E-state index in [1.807, 2.05) is 39.8 Å². The van der Waals surface area contributed by atoms with Crippen LogP contribution < -0.4 is 5.32 Å². The molecule has 2 rings (SSSR count). The molecular formula is C16H18N2O3S.